The van der Waals surface area contributed by atoms with E-state index in [1.165, 1.54) is 0 Å². The topological polar surface area (TPSA) is 64.6 Å². The third-order valence-corrected chi connectivity index (χ3v) is 4.48. The highest BCUT2D eigenvalue weighted by molar-refractivity contribution is 6.04. The predicted octanol–water partition coefficient (Wildman–Crippen LogP) is 4.91. The molecule has 0 aliphatic carbocycles. The Labute approximate surface area is 170 Å². The molecule has 5 heteroatoms. The predicted molar refractivity (Wildman–Crippen MR) is 113 cm³/mol. The Kier molecular flexibility index (Phi) is 6.29. The quantitative estimate of drug-likeness (QED) is 0.584. The molecule has 3 aromatic carbocycles. The second-order valence-electron chi connectivity index (χ2n) is 6.70. The maximum Gasteiger partial charge on any atom is 0.255 e. The maximum atomic E-state index is 12.5. The van der Waals surface area contributed by atoms with Gasteiger partial charge >= 0.3 is 0 Å². The smallest absolute Gasteiger partial charge is 0.255 e. The number of carbonyl (C=O) groups excluding carboxylic acids is 2. The first kappa shape index (κ1) is 20.1. The number of benzene rings is 3. The molecule has 0 aromatic heterocycles. The van der Waals surface area contributed by atoms with Crippen LogP contribution in [0.1, 0.15) is 33.2 Å². The summed E-state index contributed by atoms with van der Waals surface area (Å²) in [6.45, 7) is 3.68. The molecule has 5 nitrogen and oxygen atoms in total. The van der Waals surface area contributed by atoms with Gasteiger partial charge in [-0.15, -0.1) is 0 Å². The number of nitrogens with one attached hydrogen (secondary N) is 1. The highest BCUT2D eigenvalue weighted by Gasteiger charge is 2.17. The Morgan fingerprint density at radius 3 is 1.93 bits per heavy atom. The number of anilines is 1. The van der Waals surface area contributed by atoms with Crippen LogP contribution in [0.5, 0.6) is 11.5 Å². The average Bonchev–Trinajstić information content (AvgIpc) is 2.75. The number of carbonyl (C=O) groups is 2. The molecule has 0 bridgehead atoms. The molecule has 3 rings (SSSR count). The van der Waals surface area contributed by atoms with Gasteiger partial charge in [0.05, 0.1) is 7.11 Å². The number of Topliss-reactive ketones (excluding diaryl/α,β-unsaturated/α-hetero) is 1. The van der Waals surface area contributed by atoms with Crippen LogP contribution in [0.25, 0.3) is 0 Å². The fraction of sp³-hybridized carbons (Fsp3) is 0.167. The van der Waals surface area contributed by atoms with Crippen LogP contribution in [-0.4, -0.2) is 24.9 Å². The summed E-state index contributed by atoms with van der Waals surface area (Å²) in [6.07, 6.45) is -0.642. The molecule has 148 valence electrons. The van der Waals surface area contributed by atoms with Crippen molar-refractivity contribution in [2.75, 3.05) is 12.4 Å². The van der Waals surface area contributed by atoms with E-state index >= 15 is 0 Å². The van der Waals surface area contributed by atoms with Gasteiger partial charge in [-0.25, -0.2) is 0 Å². The minimum atomic E-state index is -0.642. The summed E-state index contributed by atoms with van der Waals surface area (Å²) in [6, 6.07) is 21.2. The van der Waals surface area contributed by atoms with Gasteiger partial charge in [-0.1, -0.05) is 17.7 Å². The summed E-state index contributed by atoms with van der Waals surface area (Å²) < 4.78 is 10.9. The van der Waals surface area contributed by atoms with Crippen molar-refractivity contribution in [1.29, 1.82) is 0 Å². The molecule has 0 aliphatic rings. The van der Waals surface area contributed by atoms with E-state index in [1.807, 2.05) is 19.1 Å². The molecule has 0 saturated carbocycles. The van der Waals surface area contributed by atoms with Crippen molar-refractivity contribution in [2.45, 2.75) is 20.0 Å². The second-order valence-corrected chi connectivity index (χ2v) is 6.70. The normalized spacial score (nSPS) is 11.4. The lowest BCUT2D eigenvalue weighted by molar-refractivity contribution is 0.0818. The molecule has 0 saturated heterocycles. The number of aryl methyl sites for hydroxylation is 1. The molecular formula is C24H23NO4. The zero-order valence-electron chi connectivity index (χ0n) is 16.6. The Bertz CT molecular complexity index is 977. The van der Waals surface area contributed by atoms with Crippen molar-refractivity contribution in [3.63, 3.8) is 0 Å². The fourth-order valence-electron chi connectivity index (χ4n) is 2.77. The minimum absolute atomic E-state index is 0.121. The highest BCUT2D eigenvalue weighted by atomic mass is 16.5. The zero-order valence-corrected chi connectivity index (χ0v) is 16.6. The van der Waals surface area contributed by atoms with Crippen LogP contribution in [0, 0.1) is 6.92 Å². The summed E-state index contributed by atoms with van der Waals surface area (Å²) in [4.78, 5) is 24.8. The average molecular weight is 389 g/mol. The number of ether oxygens (including phenoxy) is 2. The lowest BCUT2D eigenvalue weighted by Crippen LogP contribution is -2.23. The van der Waals surface area contributed by atoms with E-state index in [-0.39, 0.29) is 11.7 Å². The Hall–Kier alpha value is -3.60. The number of ketones is 1. The molecule has 1 atom stereocenters. The highest BCUT2D eigenvalue weighted by Crippen LogP contribution is 2.20. The number of methoxy groups -OCH3 is 1. The molecule has 0 aliphatic heterocycles. The van der Waals surface area contributed by atoms with Gasteiger partial charge in [-0.2, -0.15) is 0 Å². The van der Waals surface area contributed by atoms with Crippen molar-refractivity contribution >= 4 is 17.4 Å². The first-order valence-electron chi connectivity index (χ1n) is 9.29. The third-order valence-electron chi connectivity index (χ3n) is 4.48. The molecule has 29 heavy (non-hydrogen) atoms. The van der Waals surface area contributed by atoms with Crippen LogP contribution in [0.3, 0.4) is 0 Å². The van der Waals surface area contributed by atoms with E-state index < -0.39 is 6.10 Å². The van der Waals surface area contributed by atoms with Gasteiger partial charge in [0, 0.05) is 16.8 Å². The summed E-state index contributed by atoms with van der Waals surface area (Å²) in [7, 11) is 1.58. The maximum absolute atomic E-state index is 12.5. The third kappa shape index (κ3) is 5.23. The lowest BCUT2D eigenvalue weighted by Gasteiger charge is -2.14. The van der Waals surface area contributed by atoms with Crippen molar-refractivity contribution < 1.29 is 19.1 Å². The van der Waals surface area contributed by atoms with Crippen LogP contribution in [-0.2, 0) is 0 Å². The summed E-state index contributed by atoms with van der Waals surface area (Å²) in [5.74, 6) is 0.942. The van der Waals surface area contributed by atoms with Crippen LogP contribution in [0.15, 0.2) is 72.8 Å². The van der Waals surface area contributed by atoms with E-state index in [4.69, 9.17) is 9.47 Å². The second kappa shape index (κ2) is 9.06. The van der Waals surface area contributed by atoms with Crippen LogP contribution in [0.2, 0.25) is 0 Å². The van der Waals surface area contributed by atoms with E-state index in [2.05, 4.69) is 5.32 Å². The largest absolute Gasteiger partial charge is 0.497 e. The van der Waals surface area contributed by atoms with Gasteiger partial charge < -0.3 is 14.8 Å². The number of amides is 1. The molecule has 1 N–H and O–H groups in total. The molecule has 0 heterocycles. The monoisotopic (exact) mass is 389 g/mol. The van der Waals surface area contributed by atoms with Gasteiger partial charge in [0.15, 0.2) is 6.10 Å². The number of hydrogen-bond donors (Lipinski definition) is 1. The van der Waals surface area contributed by atoms with Gasteiger partial charge in [0.25, 0.3) is 5.91 Å². The van der Waals surface area contributed by atoms with Gasteiger partial charge in [0.2, 0.25) is 5.78 Å². The molecule has 0 fully saturated rings. The minimum Gasteiger partial charge on any atom is -0.497 e. The van der Waals surface area contributed by atoms with E-state index in [0.717, 1.165) is 5.56 Å². The SMILES string of the molecule is COc1ccc(C(=O)C(C)Oc2ccc(NC(=O)c3ccc(C)cc3)cc2)cc1. The number of rotatable bonds is 7. The van der Waals surface area contributed by atoms with E-state index in [1.54, 1.807) is 74.7 Å². The Balaban J connectivity index is 1.59. The Morgan fingerprint density at radius 1 is 0.793 bits per heavy atom. The molecule has 0 radical (unpaired) electrons. The summed E-state index contributed by atoms with van der Waals surface area (Å²) >= 11 is 0. The van der Waals surface area contributed by atoms with Crippen LogP contribution >= 0.6 is 0 Å². The van der Waals surface area contributed by atoms with Crippen LogP contribution < -0.4 is 14.8 Å². The van der Waals surface area contributed by atoms with Gasteiger partial charge in [0.1, 0.15) is 11.5 Å². The van der Waals surface area contributed by atoms with E-state index in [0.29, 0.717) is 28.3 Å². The summed E-state index contributed by atoms with van der Waals surface area (Å²) in [5, 5.41) is 2.84. The zero-order chi connectivity index (χ0) is 20.8. The van der Waals surface area contributed by atoms with Crippen molar-refractivity contribution in [1.82, 2.24) is 0 Å². The molecule has 1 amide bonds. The van der Waals surface area contributed by atoms with Gasteiger partial charge in [-0.3, -0.25) is 9.59 Å². The summed E-state index contributed by atoms with van der Waals surface area (Å²) in [5.41, 5.74) is 2.90. The lowest BCUT2D eigenvalue weighted by atomic mass is 10.1. The molecule has 0 spiro atoms. The standard InChI is InChI=1S/C24H23NO4/c1-16-4-6-19(7-5-16)24(27)25-20-10-14-22(15-11-20)29-17(2)23(26)18-8-12-21(28-3)13-9-18/h4-15,17H,1-3H3,(H,25,27). The first-order valence-corrected chi connectivity index (χ1v) is 9.29. The molecular weight excluding hydrogens is 366 g/mol. The molecule has 1 unspecified atom stereocenters. The first-order chi connectivity index (χ1) is 14.0. The van der Waals surface area contributed by atoms with Crippen molar-refractivity contribution in [3.05, 3.63) is 89.5 Å². The van der Waals surface area contributed by atoms with Crippen LogP contribution in [0.4, 0.5) is 5.69 Å². The van der Waals surface area contributed by atoms with Gasteiger partial charge in [-0.05, 0) is 74.5 Å². The number of hydrogen-bond acceptors (Lipinski definition) is 4. The Morgan fingerprint density at radius 2 is 1.34 bits per heavy atom. The van der Waals surface area contributed by atoms with Crippen molar-refractivity contribution in [2.24, 2.45) is 0 Å². The molecule has 3 aromatic rings. The fourth-order valence-corrected chi connectivity index (χ4v) is 2.77. The van der Waals surface area contributed by atoms with Crippen molar-refractivity contribution in [3.8, 4) is 11.5 Å². The van der Waals surface area contributed by atoms with E-state index in [9.17, 15) is 9.59 Å².